The summed E-state index contributed by atoms with van der Waals surface area (Å²) in [5, 5.41) is 11.1. The Morgan fingerprint density at radius 2 is 1.87 bits per heavy atom. The van der Waals surface area contributed by atoms with Crippen LogP contribution in [-0.4, -0.2) is 53.6 Å². The summed E-state index contributed by atoms with van der Waals surface area (Å²) in [6, 6.07) is 16.9. The fourth-order valence-corrected chi connectivity index (χ4v) is 5.43. The maximum Gasteiger partial charge on any atom is 0.243 e. The Morgan fingerprint density at radius 3 is 2.56 bits per heavy atom. The van der Waals surface area contributed by atoms with Gasteiger partial charge >= 0.3 is 0 Å². The second kappa shape index (κ2) is 15.9. The minimum absolute atomic E-state index is 0.0365. The summed E-state index contributed by atoms with van der Waals surface area (Å²) in [5.41, 5.74) is 14.5. The molecule has 2 atom stereocenters. The van der Waals surface area contributed by atoms with Gasteiger partial charge in [-0.1, -0.05) is 79.9 Å². The summed E-state index contributed by atoms with van der Waals surface area (Å²) in [7, 11) is 0. The van der Waals surface area contributed by atoms with E-state index in [1.54, 1.807) is 4.90 Å². The zero-order chi connectivity index (χ0) is 28.0. The molecule has 9 nitrogen and oxygen atoms in total. The number of carbonyl (C=O) groups is 2. The lowest BCUT2D eigenvalue weighted by Crippen LogP contribution is -2.51. The Hall–Kier alpha value is -3.37. The SMILES string of the molecule is CCCC(=N)c1ccc(CNC(=O)C2CCCN2C(=O)C(CCCN=C(N)N)NSCc2ccccc2)cc1. The molecule has 2 aromatic carbocycles. The van der Waals surface area contributed by atoms with E-state index in [0.29, 0.717) is 44.6 Å². The van der Waals surface area contributed by atoms with E-state index in [2.05, 4.69) is 22.0 Å². The molecule has 1 aliphatic heterocycles. The Morgan fingerprint density at radius 1 is 1.13 bits per heavy atom. The lowest BCUT2D eigenvalue weighted by Gasteiger charge is -2.28. The number of hydrogen-bond acceptors (Lipinski definition) is 6. The molecule has 1 saturated heterocycles. The molecule has 39 heavy (non-hydrogen) atoms. The zero-order valence-corrected chi connectivity index (χ0v) is 23.5. The summed E-state index contributed by atoms with van der Waals surface area (Å²) in [6.45, 7) is 3.44. The van der Waals surface area contributed by atoms with Gasteiger partial charge in [0, 0.05) is 31.1 Å². The van der Waals surface area contributed by atoms with Crippen molar-refractivity contribution in [3.05, 3.63) is 71.3 Å². The summed E-state index contributed by atoms with van der Waals surface area (Å²) in [4.78, 5) is 32.5. The van der Waals surface area contributed by atoms with Crippen LogP contribution < -0.4 is 21.5 Å². The van der Waals surface area contributed by atoms with Crippen molar-refractivity contribution in [2.45, 2.75) is 69.8 Å². The number of aliphatic imine (C=N–C) groups is 1. The van der Waals surface area contributed by atoms with Gasteiger partial charge in [-0.2, -0.15) is 0 Å². The highest BCUT2D eigenvalue weighted by atomic mass is 32.2. The fraction of sp³-hybridized carbons (Fsp3) is 0.448. The van der Waals surface area contributed by atoms with Gasteiger partial charge in [0.2, 0.25) is 11.8 Å². The third-order valence-corrected chi connectivity index (χ3v) is 7.59. The highest BCUT2D eigenvalue weighted by Gasteiger charge is 2.36. The minimum atomic E-state index is -0.490. The van der Waals surface area contributed by atoms with Crippen molar-refractivity contribution in [3.63, 3.8) is 0 Å². The number of nitrogens with one attached hydrogen (secondary N) is 3. The first-order chi connectivity index (χ1) is 18.9. The first-order valence-electron chi connectivity index (χ1n) is 13.6. The maximum absolute atomic E-state index is 13.6. The Bertz CT molecular complexity index is 1100. The van der Waals surface area contributed by atoms with Gasteiger partial charge in [0.25, 0.3) is 0 Å². The Labute approximate surface area is 235 Å². The quantitative estimate of drug-likeness (QED) is 0.0992. The lowest BCUT2D eigenvalue weighted by atomic mass is 10.0. The maximum atomic E-state index is 13.6. The number of guanidine groups is 1. The van der Waals surface area contributed by atoms with Gasteiger partial charge < -0.3 is 27.1 Å². The van der Waals surface area contributed by atoms with Crippen molar-refractivity contribution < 1.29 is 9.59 Å². The van der Waals surface area contributed by atoms with Crippen molar-refractivity contribution in [2.75, 3.05) is 13.1 Å². The topological polar surface area (TPSA) is 150 Å². The minimum Gasteiger partial charge on any atom is -0.370 e. The van der Waals surface area contributed by atoms with E-state index >= 15 is 0 Å². The number of amides is 2. The summed E-state index contributed by atoms with van der Waals surface area (Å²) < 4.78 is 3.34. The molecular formula is C29H41N7O2S. The van der Waals surface area contributed by atoms with E-state index in [0.717, 1.165) is 41.7 Å². The molecule has 1 aliphatic rings. The molecule has 7 N–H and O–H groups in total. The van der Waals surface area contributed by atoms with Gasteiger partial charge in [0.15, 0.2) is 5.96 Å². The van der Waals surface area contributed by atoms with E-state index in [4.69, 9.17) is 16.9 Å². The molecule has 0 spiro atoms. The first-order valence-corrected chi connectivity index (χ1v) is 14.6. The smallest absolute Gasteiger partial charge is 0.243 e. The normalized spacial score (nSPS) is 15.5. The molecule has 3 rings (SSSR count). The number of carbonyl (C=O) groups excluding carboxylic acids is 2. The van der Waals surface area contributed by atoms with Crippen LogP contribution >= 0.6 is 11.9 Å². The second-order valence-electron chi connectivity index (χ2n) is 9.73. The number of hydrogen-bond donors (Lipinski definition) is 5. The van der Waals surface area contributed by atoms with Crippen molar-refractivity contribution in [1.29, 1.82) is 5.41 Å². The van der Waals surface area contributed by atoms with Crippen LogP contribution in [0.15, 0.2) is 59.6 Å². The lowest BCUT2D eigenvalue weighted by molar-refractivity contribution is -0.139. The largest absolute Gasteiger partial charge is 0.370 e. The van der Waals surface area contributed by atoms with Crippen LogP contribution in [0.4, 0.5) is 0 Å². The fourth-order valence-electron chi connectivity index (χ4n) is 4.56. The average molecular weight is 552 g/mol. The molecule has 0 radical (unpaired) electrons. The van der Waals surface area contributed by atoms with Gasteiger partial charge in [0.05, 0.1) is 6.04 Å². The molecule has 210 valence electrons. The van der Waals surface area contributed by atoms with Crippen molar-refractivity contribution in [1.82, 2.24) is 14.9 Å². The van der Waals surface area contributed by atoms with Gasteiger partial charge in [0.1, 0.15) is 6.04 Å². The van der Waals surface area contributed by atoms with Gasteiger partial charge in [-0.25, -0.2) is 0 Å². The number of nitrogens with two attached hydrogens (primary N) is 2. The van der Waals surface area contributed by atoms with Gasteiger partial charge in [-0.15, -0.1) is 0 Å². The first kappa shape index (κ1) is 30.2. The molecular weight excluding hydrogens is 510 g/mol. The van der Waals surface area contributed by atoms with E-state index in [9.17, 15) is 9.59 Å². The van der Waals surface area contributed by atoms with Crippen LogP contribution in [0.5, 0.6) is 0 Å². The summed E-state index contributed by atoms with van der Waals surface area (Å²) in [6.07, 6.45) is 4.31. The van der Waals surface area contributed by atoms with Gasteiger partial charge in [-0.05, 0) is 48.8 Å². The number of nitrogens with zero attached hydrogens (tertiary/aromatic N) is 2. The van der Waals surface area contributed by atoms with Crippen molar-refractivity contribution in [2.24, 2.45) is 16.5 Å². The molecule has 2 aromatic rings. The monoisotopic (exact) mass is 551 g/mol. The van der Waals surface area contributed by atoms with Gasteiger partial charge in [-0.3, -0.25) is 19.3 Å². The molecule has 0 saturated carbocycles. The molecule has 2 amide bonds. The molecule has 0 aliphatic carbocycles. The van der Waals surface area contributed by atoms with Crippen LogP contribution in [0.1, 0.15) is 62.1 Å². The average Bonchev–Trinajstić information content (AvgIpc) is 3.44. The van der Waals surface area contributed by atoms with Crippen LogP contribution in [0, 0.1) is 5.41 Å². The van der Waals surface area contributed by atoms with Crippen molar-refractivity contribution in [3.8, 4) is 0 Å². The molecule has 10 heteroatoms. The molecule has 1 heterocycles. The summed E-state index contributed by atoms with van der Waals surface area (Å²) in [5.74, 6) is 0.546. The van der Waals surface area contributed by atoms with Crippen molar-refractivity contribution >= 4 is 35.4 Å². The Kier molecular flexibility index (Phi) is 12.3. The van der Waals surface area contributed by atoms with Crippen LogP contribution in [0.3, 0.4) is 0 Å². The van der Waals surface area contributed by atoms with E-state index in [1.807, 2.05) is 54.6 Å². The second-order valence-corrected chi connectivity index (χ2v) is 10.5. The zero-order valence-electron chi connectivity index (χ0n) is 22.7. The highest BCUT2D eigenvalue weighted by molar-refractivity contribution is 7.96. The molecule has 0 aromatic heterocycles. The highest BCUT2D eigenvalue weighted by Crippen LogP contribution is 2.21. The number of likely N-dealkylation sites (tertiary alicyclic amines) is 1. The molecule has 1 fully saturated rings. The van der Waals surface area contributed by atoms with E-state index in [1.165, 1.54) is 11.9 Å². The predicted octanol–water partition coefficient (Wildman–Crippen LogP) is 3.32. The molecule has 0 bridgehead atoms. The molecule has 2 unspecified atom stereocenters. The van der Waals surface area contributed by atoms with Crippen LogP contribution in [0.25, 0.3) is 0 Å². The third kappa shape index (κ3) is 9.71. The predicted molar refractivity (Wildman–Crippen MR) is 159 cm³/mol. The Balaban J connectivity index is 1.58. The number of rotatable bonds is 15. The van der Waals surface area contributed by atoms with Crippen LogP contribution in [0.2, 0.25) is 0 Å². The standard InChI is InChI=1S/C29H41N7O2S/c1-2-8-24(30)23-15-13-21(14-16-23)19-34-27(37)26-12-7-18-36(26)28(38)25(11-6-17-33-29(31)32)35-39-20-22-9-4-3-5-10-22/h3-5,9-10,13-16,25-26,30,35H,2,6-8,11-12,17-20H2,1H3,(H,34,37)(H4,31,32,33). The third-order valence-electron chi connectivity index (χ3n) is 6.66. The summed E-state index contributed by atoms with van der Waals surface area (Å²) >= 11 is 1.49. The van der Waals surface area contributed by atoms with E-state index in [-0.39, 0.29) is 17.8 Å². The van der Waals surface area contributed by atoms with E-state index < -0.39 is 12.1 Å². The number of benzene rings is 2. The van der Waals surface area contributed by atoms with Crippen LogP contribution in [-0.2, 0) is 21.9 Å².